The molecule has 2 aromatic rings. The number of rotatable bonds is 8. The van der Waals surface area contributed by atoms with E-state index in [1.165, 1.54) is 6.33 Å². The number of hydrogen-bond donors (Lipinski definition) is 2. The van der Waals surface area contributed by atoms with Crippen LogP contribution in [-0.4, -0.2) is 51.9 Å². The Morgan fingerprint density at radius 2 is 2.21 bits per heavy atom. The van der Waals surface area contributed by atoms with Gasteiger partial charge in [-0.05, 0) is 38.1 Å². The largest absolute Gasteiger partial charge is 0.337 e. The second-order valence-corrected chi connectivity index (χ2v) is 5.86. The van der Waals surface area contributed by atoms with Crippen molar-refractivity contribution in [3.63, 3.8) is 0 Å². The van der Waals surface area contributed by atoms with E-state index >= 15 is 0 Å². The maximum absolute atomic E-state index is 11.9. The number of likely N-dealkylation sites (N-methyl/N-ethyl adjacent to an activating group) is 1. The lowest BCUT2D eigenvalue weighted by molar-refractivity contribution is 0.230. The quantitative estimate of drug-likeness (QED) is 0.774. The zero-order valence-corrected chi connectivity index (χ0v) is 14.6. The van der Waals surface area contributed by atoms with Crippen LogP contribution in [0.5, 0.6) is 0 Å². The second-order valence-electron chi connectivity index (χ2n) is 5.86. The molecule has 0 radical (unpaired) electrons. The lowest BCUT2D eigenvalue weighted by Crippen LogP contribution is -2.41. The molecule has 7 nitrogen and oxygen atoms in total. The van der Waals surface area contributed by atoms with Crippen molar-refractivity contribution in [2.45, 2.75) is 32.9 Å². The molecule has 0 fully saturated rings. The molecule has 0 aliphatic heterocycles. The zero-order chi connectivity index (χ0) is 17.4. The Kier molecular flexibility index (Phi) is 6.74. The van der Waals surface area contributed by atoms with Crippen LogP contribution in [0.2, 0.25) is 0 Å². The van der Waals surface area contributed by atoms with Crippen LogP contribution in [0.15, 0.2) is 36.9 Å². The molecule has 0 saturated heterocycles. The summed E-state index contributed by atoms with van der Waals surface area (Å²) in [5.74, 6) is 0. The predicted molar refractivity (Wildman–Crippen MR) is 94.0 cm³/mol. The molecule has 0 aliphatic carbocycles. The van der Waals surface area contributed by atoms with Crippen LogP contribution < -0.4 is 10.6 Å². The number of urea groups is 1. The summed E-state index contributed by atoms with van der Waals surface area (Å²) in [5.41, 5.74) is 1.93. The predicted octanol–water partition coefficient (Wildman–Crippen LogP) is 1.80. The molecule has 0 unspecified atom stereocenters. The van der Waals surface area contributed by atoms with Crippen molar-refractivity contribution < 1.29 is 4.79 Å². The van der Waals surface area contributed by atoms with Gasteiger partial charge in [0, 0.05) is 25.7 Å². The number of nitrogens with zero attached hydrogens (tertiary/aromatic N) is 4. The van der Waals surface area contributed by atoms with Crippen molar-refractivity contribution in [3.8, 4) is 5.69 Å². The van der Waals surface area contributed by atoms with Gasteiger partial charge in [-0.2, -0.15) is 5.10 Å². The summed E-state index contributed by atoms with van der Waals surface area (Å²) in [7, 11) is 2.07. The molecule has 0 aliphatic rings. The summed E-state index contributed by atoms with van der Waals surface area (Å²) in [6.45, 7) is 6.28. The summed E-state index contributed by atoms with van der Waals surface area (Å²) in [5, 5.41) is 9.86. The average Bonchev–Trinajstić information content (AvgIpc) is 3.14. The molecule has 7 heteroatoms. The monoisotopic (exact) mass is 330 g/mol. The Balaban J connectivity index is 1.75. The number of amides is 2. The summed E-state index contributed by atoms with van der Waals surface area (Å²) < 4.78 is 1.69. The fourth-order valence-electron chi connectivity index (χ4n) is 2.27. The number of hydrogen-bond acceptors (Lipinski definition) is 4. The number of carbonyl (C=O) groups excluding carboxylic acids is 1. The Labute approximate surface area is 143 Å². The van der Waals surface area contributed by atoms with Gasteiger partial charge in [-0.25, -0.2) is 14.5 Å². The summed E-state index contributed by atoms with van der Waals surface area (Å²) in [6.07, 6.45) is 4.24. The second kappa shape index (κ2) is 9.02. The maximum Gasteiger partial charge on any atom is 0.315 e. The maximum atomic E-state index is 11.9. The van der Waals surface area contributed by atoms with Crippen molar-refractivity contribution in [1.29, 1.82) is 0 Å². The van der Waals surface area contributed by atoms with Crippen LogP contribution >= 0.6 is 0 Å². The van der Waals surface area contributed by atoms with Gasteiger partial charge < -0.3 is 15.5 Å². The van der Waals surface area contributed by atoms with Crippen molar-refractivity contribution in [3.05, 3.63) is 42.5 Å². The minimum absolute atomic E-state index is 0.154. The number of aromatic nitrogens is 3. The first-order chi connectivity index (χ1) is 11.6. The van der Waals surface area contributed by atoms with E-state index in [9.17, 15) is 4.79 Å². The van der Waals surface area contributed by atoms with Crippen molar-refractivity contribution in [1.82, 2.24) is 30.3 Å². The minimum Gasteiger partial charge on any atom is -0.337 e. The molecular formula is C17H26N6O. The molecule has 1 heterocycles. The van der Waals surface area contributed by atoms with E-state index in [4.69, 9.17) is 0 Å². The SMILES string of the molecule is CC[C@@H](C)N(C)CCNC(=O)NCc1cccc(-n2cncn2)c1. The van der Waals surface area contributed by atoms with E-state index in [1.54, 1.807) is 11.0 Å². The first kappa shape index (κ1) is 17.9. The van der Waals surface area contributed by atoms with E-state index in [0.717, 1.165) is 24.2 Å². The third kappa shape index (κ3) is 5.34. The van der Waals surface area contributed by atoms with Gasteiger partial charge in [0.25, 0.3) is 0 Å². The van der Waals surface area contributed by atoms with Crippen LogP contribution in [0.25, 0.3) is 5.69 Å². The van der Waals surface area contributed by atoms with Gasteiger partial charge in [0.2, 0.25) is 0 Å². The molecule has 2 amide bonds. The highest BCUT2D eigenvalue weighted by molar-refractivity contribution is 5.73. The fraction of sp³-hybridized carbons (Fsp3) is 0.471. The first-order valence-corrected chi connectivity index (χ1v) is 8.26. The van der Waals surface area contributed by atoms with Gasteiger partial charge >= 0.3 is 6.03 Å². The van der Waals surface area contributed by atoms with Crippen LogP contribution in [0, 0.1) is 0 Å². The number of benzene rings is 1. The molecule has 0 bridgehead atoms. The molecule has 2 N–H and O–H groups in total. The zero-order valence-electron chi connectivity index (χ0n) is 14.6. The summed E-state index contributed by atoms with van der Waals surface area (Å²) >= 11 is 0. The van der Waals surface area contributed by atoms with Gasteiger partial charge in [-0.3, -0.25) is 0 Å². The van der Waals surface area contributed by atoms with E-state index in [-0.39, 0.29) is 6.03 Å². The normalized spacial score (nSPS) is 12.2. The van der Waals surface area contributed by atoms with Crippen LogP contribution in [0.4, 0.5) is 4.79 Å². The van der Waals surface area contributed by atoms with Gasteiger partial charge in [0.05, 0.1) is 5.69 Å². The number of nitrogens with one attached hydrogen (secondary N) is 2. The standard InChI is InChI=1S/C17H26N6O/c1-4-14(2)22(3)9-8-19-17(24)20-11-15-6-5-7-16(10-15)23-13-18-12-21-23/h5-7,10,12-14H,4,8-9,11H2,1-3H3,(H2,19,20,24)/t14-/m1/s1. The molecule has 2 rings (SSSR count). The average molecular weight is 330 g/mol. The Morgan fingerprint density at radius 1 is 1.38 bits per heavy atom. The smallest absolute Gasteiger partial charge is 0.315 e. The van der Waals surface area contributed by atoms with Gasteiger partial charge in [-0.15, -0.1) is 0 Å². The van der Waals surface area contributed by atoms with Gasteiger partial charge in [-0.1, -0.05) is 19.1 Å². The van der Waals surface area contributed by atoms with E-state index in [2.05, 4.69) is 46.5 Å². The molecule has 24 heavy (non-hydrogen) atoms. The topological polar surface area (TPSA) is 75.1 Å². The molecule has 0 spiro atoms. The lowest BCUT2D eigenvalue weighted by atomic mass is 10.2. The Morgan fingerprint density at radius 3 is 2.92 bits per heavy atom. The van der Waals surface area contributed by atoms with E-state index in [1.807, 2.05) is 24.3 Å². The molecule has 1 aromatic carbocycles. The van der Waals surface area contributed by atoms with Crippen molar-refractivity contribution >= 4 is 6.03 Å². The molecule has 0 saturated carbocycles. The molecular weight excluding hydrogens is 304 g/mol. The molecule has 1 atom stereocenters. The van der Waals surface area contributed by atoms with Gasteiger partial charge in [0.15, 0.2) is 0 Å². The third-order valence-electron chi connectivity index (χ3n) is 4.14. The highest BCUT2D eigenvalue weighted by Gasteiger charge is 2.07. The molecule has 1 aromatic heterocycles. The van der Waals surface area contributed by atoms with Crippen LogP contribution in [0.1, 0.15) is 25.8 Å². The van der Waals surface area contributed by atoms with Crippen molar-refractivity contribution in [2.24, 2.45) is 0 Å². The van der Waals surface area contributed by atoms with Gasteiger partial charge in [0.1, 0.15) is 12.7 Å². The fourth-order valence-corrected chi connectivity index (χ4v) is 2.27. The first-order valence-electron chi connectivity index (χ1n) is 8.26. The van der Waals surface area contributed by atoms with Crippen molar-refractivity contribution in [2.75, 3.05) is 20.1 Å². The van der Waals surface area contributed by atoms with Crippen LogP contribution in [-0.2, 0) is 6.54 Å². The minimum atomic E-state index is -0.154. The lowest BCUT2D eigenvalue weighted by Gasteiger charge is -2.23. The Hall–Kier alpha value is -2.41. The van der Waals surface area contributed by atoms with E-state index < -0.39 is 0 Å². The summed E-state index contributed by atoms with van der Waals surface area (Å²) in [6, 6.07) is 8.20. The highest BCUT2D eigenvalue weighted by atomic mass is 16.2. The number of carbonyl (C=O) groups is 1. The Bertz CT molecular complexity index is 628. The summed E-state index contributed by atoms with van der Waals surface area (Å²) in [4.78, 5) is 18.1. The van der Waals surface area contributed by atoms with Crippen LogP contribution in [0.3, 0.4) is 0 Å². The molecule has 130 valence electrons. The third-order valence-corrected chi connectivity index (χ3v) is 4.14. The highest BCUT2D eigenvalue weighted by Crippen LogP contribution is 2.08. The van der Waals surface area contributed by atoms with E-state index in [0.29, 0.717) is 19.1 Å².